The van der Waals surface area contributed by atoms with Gasteiger partial charge in [0.1, 0.15) is 5.41 Å². The second kappa shape index (κ2) is 5.67. The van der Waals surface area contributed by atoms with E-state index in [2.05, 4.69) is 24.3 Å². The number of epoxide rings is 1. The van der Waals surface area contributed by atoms with E-state index < -0.39 is 29.1 Å². The van der Waals surface area contributed by atoms with Crippen molar-refractivity contribution in [1.29, 1.82) is 0 Å². The Balaban J connectivity index is 1.84. The molecule has 144 valence electrons. The van der Waals surface area contributed by atoms with E-state index in [1.807, 2.05) is 31.2 Å². The van der Waals surface area contributed by atoms with Gasteiger partial charge < -0.3 is 14.2 Å². The zero-order valence-corrected chi connectivity index (χ0v) is 16.1. The highest BCUT2D eigenvalue weighted by Gasteiger charge is 2.80. The van der Waals surface area contributed by atoms with Gasteiger partial charge in [0.05, 0.1) is 20.3 Å². The fourth-order valence-corrected chi connectivity index (χ4v) is 5.87. The van der Waals surface area contributed by atoms with Crippen LogP contribution in [-0.4, -0.2) is 37.9 Å². The number of hydrogen-bond acceptors (Lipinski definition) is 5. The van der Waals surface area contributed by atoms with E-state index in [9.17, 15) is 9.59 Å². The molecule has 0 spiro atoms. The molecule has 1 fully saturated rings. The van der Waals surface area contributed by atoms with Gasteiger partial charge in [0, 0.05) is 11.8 Å². The summed E-state index contributed by atoms with van der Waals surface area (Å²) in [7, 11) is 2.72. The van der Waals surface area contributed by atoms with Gasteiger partial charge in [-0.3, -0.25) is 4.79 Å². The van der Waals surface area contributed by atoms with Crippen molar-refractivity contribution in [2.24, 2.45) is 5.41 Å². The fourth-order valence-electron chi connectivity index (χ4n) is 5.87. The number of fused-ring (bicyclic) bond motifs is 1. The standard InChI is InChI=1S/C23H22O5/c1-13-23(28-13,21(25)27-3)22(20(24)26-2)12-18-14-8-4-6-10-16(14)19(22)17-11-7-5-9-15(17)18/h4-11,13,18-19H,12H2,1-3H3/t13-,18?,19?,22?,23-/m0/s1. The molecule has 1 aliphatic heterocycles. The number of ether oxygens (including phenoxy) is 3. The molecular formula is C23H22O5. The van der Waals surface area contributed by atoms with Crippen LogP contribution in [0.4, 0.5) is 0 Å². The summed E-state index contributed by atoms with van der Waals surface area (Å²) in [4.78, 5) is 26.4. The average molecular weight is 378 g/mol. The van der Waals surface area contributed by atoms with E-state index in [1.165, 1.54) is 25.3 Å². The molecule has 3 aliphatic carbocycles. The lowest BCUT2D eigenvalue weighted by atomic mass is 9.47. The molecule has 6 rings (SSSR count). The molecule has 2 aromatic rings. The van der Waals surface area contributed by atoms with E-state index in [1.54, 1.807) is 0 Å². The van der Waals surface area contributed by atoms with Crippen molar-refractivity contribution < 1.29 is 23.8 Å². The fraction of sp³-hybridized carbons (Fsp3) is 0.391. The van der Waals surface area contributed by atoms with E-state index in [4.69, 9.17) is 14.2 Å². The summed E-state index contributed by atoms with van der Waals surface area (Å²) in [6.45, 7) is 1.82. The zero-order chi connectivity index (χ0) is 19.7. The quantitative estimate of drug-likeness (QED) is 0.606. The summed E-state index contributed by atoms with van der Waals surface area (Å²) >= 11 is 0. The first-order valence-electron chi connectivity index (χ1n) is 9.55. The van der Waals surface area contributed by atoms with Crippen molar-refractivity contribution in [2.45, 2.75) is 36.9 Å². The van der Waals surface area contributed by atoms with Crippen LogP contribution in [0.2, 0.25) is 0 Å². The second-order valence-electron chi connectivity index (χ2n) is 7.90. The summed E-state index contributed by atoms with van der Waals surface area (Å²) in [5.74, 6) is -1.26. The molecule has 1 saturated heterocycles. The van der Waals surface area contributed by atoms with Gasteiger partial charge in [0.25, 0.3) is 0 Å². The summed E-state index contributed by atoms with van der Waals surface area (Å²) in [6.07, 6.45) is 0.0374. The van der Waals surface area contributed by atoms with Gasteiger partial charge in [-0.2, -0.15) is 0 Å². The minimum atomic E-state index is -1.33. The molecule has 0 N–H and O–H groups in total. The predicted molar refractivity (Wildman–Crippen MR) is 101 cm³/mol. The molecule has 1 heterocycles. The Morgan fingerprint density at radius 3 is 1.79 bits per heavy atom. The van der Waals surface area contributed by atoms with Crippen LogP contribution in [-0.2, 0) is 23.8 Å². The Bertz CT molecular complexity index is 950. The van der Waals surface area contributed by atoms with Crippen molar-refractivity contribution >= 4 is 11.9 Å². The van der Waals surface area contributed by atoms with E-state index in [0.29, 0.717) is 6.42 Å². The first-order chi connectivity index (χ1) is 13.5. The number of carbonyl (C=O) groups excluding carboxylic acids is 2. The van der Waals surface area contributed by atoms with Crippen LogP contribution in [0.25, 0.3) is 0 Å². The Morgan fingerprint density at radius 1 is 0.893 bits per heavy atom. The molecule has 1 unspecified atom stereocenters. The molecule has 4 aliphatic rings. The van der Waals surface area contributed by atoms with Gasteiger partial charge in [-0.05, 0) is 35.6 Å². The Morgan fingerprint density at radius 2 is 1.36 bits per heavy atom. The lowest BCUT2D eigenvalue weighted by molar-refractivity contribution is -0.172. The number of esters is 2. The topological polar surface area (TPSA) is 65.1 Å². The van der Waals surface area contributed by atoms with Crippen molar-refractivity contribution in [3.8, 4) is 0 Å². The van der Waals surface area contributed by atoms with Gasteiger partial charge >= 0.3 is 11.9 Å². The summed E-state index contributed by atoms with van der Waals surface area (Å²) in [6, 6.07) is 16.3. The molecule has 0 amide bonds. The largest absolute Gasteiger partial charge is 0.468 e. The van der Waals surface area contributed by atoms with Crippen LogP contribution in [0.3, 0.4) is 0 Å². The summed E-state index contributed by atoms with van der Waals surface area (Å²) in [5.41, 5.74) is 2.04. The van der Waals surface area contributed by atoms with Crippen LogP contribution in [0.1, 0.15) is 47.4 Å². The lowest BCUT2D eigenvalue weighted by Crippen LogP contribution is -2.59. The molecule has 0 aromatic heterocycles. The maximum atomic E-state index is 13.4. The van der Waals surface area contributed by atoms with Gasteiger partial charge in [0.15, 0.2) is 0 Å². The van der Waals surface area contributed by atoms with Crippen LogP contribution >= 0.6 is 0 Å². The SMILES string of the molecule is COC(=O)C1([C@]2(C(=O)OC)O[C@H]2C)CC2c3ccccc3C1c1ccccc12. The average Bonchev–Trinajstić information content (AvgIpc) is 3.44. The van der Waals surface area contributed by atoms with Crippen LogP contribution in [0.15, 0.2) is 48.5 Å². The maximum absolute atomic E-state index is 13.4. The third-order valence-corrected chi connectivity index (χ3v) is 6.96. The van der Waals surface area contributed by atoms with Crippen LogP contribution in [0, 0.1) is 5.41 Å². The second-order valence-corrected chi connectivity index (χ2v) is 7.90. The first kappa shape index (κ1) is 17.4. The maximum Gasteiger partial charge on any atom is 0.342 e. The smallest absolute Gasteiger partial charge is 0.342 e. The van der Waals surface area contributed by atoms with E-state index >= 15 is 0 Å². The normalized spacial score (nSPS) is 34.2. The van der Waals surface area contributed by atoms with Crippen LogP contribution < -0.4 is 0 Å². The lowest BCUT2D eigenvalue weighted by Gasteiger charge is -2.53. The zero-order valence-electron chi connectivity index (χ0n) is 16.1. The number of hydrogen-bond donors (Lipinski definition) is 0. The minimum absolute atomic E-state index is 0.00516. The minimum Gasteiger partial charge on any atom is -0.468 e. The van der Waals surface area contributed by atoms with E-state index in [0.717, 1.165) is 11.1 Å². The molecule has 0 saturated carbocycles. The molecule has 28 heavy (non-hydrogen) atoms. The number of rotatable bonds is 3. The van der Waals surface area contributed by atoms with Crippen molar-refractivity contribution in [2.75, 3.05) is 14.2 Å². The van der Waals surface area contributed by atoms with Gasteiger partial charge in [-0.1, -0.05) is 48.5 Å². The number of benzene rings is 2. The third-order valence-electron chi connectivity index (χ3n) is 6.96. The van der Waals surface area contributed by atoms with Gasteiger partial charge in [-0.25, -0.2) is 4.79 Å². The van der Waals surface area contributed by atoms with Gasteiger partial charge in [-0.15, -0.1) is 0 Å². The Labute approximate surface area is 163 Å². The Kier molecular flexibility index (Phi) is 3.53. The van der Waals surface area contributed by atoms with Gasteiger partial charge in [0.2, 0.25) is 5.60 Å². The monoisotopic (exact) mass is 378 g/mol. The summed E-state index contributed by atoms with van der Waals surface area (Å²) < 4.78 is 16.4. The molecule has 2 bridgehead atoms. The Hall–Kier alpha value is -2.66. The molecule has 0 radical (unpaired) electrons. The molecule has 5 nitrogen and oxygen atoms in total. The van der Waals surface area contributed by atoms with Crippen LogP contribution in [0.5, 0.6) is 0 Å². The van der Waals surface area contributed by atoms with E-state index in [-0.39, 0.29) is 11.8 Å². The van der Waals surface area contributed by atoms with Crippen molar-refractivity contribution in [3.63, 3.8) is 0 Å². The number of methoxy groups -OCH3 is 2. The molecule has 2 aromatic carbocycles. The predicted octanol–water partition coefficient (Wildman–Crippen LogP) is 3.16. The molecular weight excluding hydrogens is 356 g/mol. The van der Waals surface area contributed by atoms with Crippen molar-refractivity contribution in [1.82, 2.24) is 0 Å². The highest BCUT2D eigenvalue weighted by molar-refractivity contribution is 5.96. The summed E-state index contributed by atoms with van der Waals surface area (Å²) in [5, 5.41) is 0. The van der Waals surface area contributed by atoms with Crippen molar-refractivity contribution in [3.05, 3.63) is 70.8 Å². The third kappa shape index (κ3) is 1.80. The molecule has 5 heteroatoms. The first-order valence-corrected chi connectivity index (χ1v) is 9.55. The highest BCUT2D eigenvalue weighted by Crippen LogP contribution is 2.70. The highest BCUT2D eigenvalue weighted by atomic mass is 16.7. The molecule has 3 atom stereocenters. The number of carbonyl (C=O) groups is 2.